The van der Waals surface area contributed by atoms with Gasteiger partial charge in [-0.1, -0.05) is 65.5 Å². The van der Waals surface area contributed by atoms with Crippen LogP contribution in [-0.4, -0.2) is 4.83 Å². The lowest BCUT2D eigenvalue weighted by Gasteiger charge is -2.19. The molecule has 0 N–H and O–H groups in total. The summed E-state index contributed by atoms with van der Waals surface area (Å²) in [5.41, 5.74) is 1.07. The summed E-state index contributed by atoms with van der Waals surface area (Å²) in [5.74, 6) is 0.572. The Labute approximate surface area is 110 Å². The van der Waals surface area contributed by atoms with Gasteiger partial charge in [-0.15, -0.1) is 0 Å². The summed E-state index contributed by atoms with van der Waals surface area (Å²) in [5, 5.41) is 1.54. The van der Waals surface area contributed by atoms with E-state index in [1.165, 1.54) is 0 Å². The van der Waals surface area contributed by atoms with Gasteiger partial charge >= 0.3 is 0 Å². The van der Waals surface area contributed by atoms with Crippen molar-refractivity contribution >= 4 is 39.1 Å². The summed E-state index contributed by atoms with van der Waals surface area (Å²) in [6, 6.07) is 5.68. The smallest absolute Gasteiger partial charge is 0.0452 e. The first-order chi connectivity index (χ1) is 7.06. The van der Waals surface area contributed by atoms with E-state index in [9.17, 15) is 0 Å². The van der Waals surface area contributed by atoms with Crippen molar-refractivity contribution in [2.45, 2.75) is 31.5 Å². The molecule has 1 aromatic carbocycles. The predicted molar refractivity (Wildman–Crippen MR) is 72.3 cm³/mol. The van der Waals surface area contributed by atoms with Gasteiger partial charge in [0, 0.05) is 14.9 Å². The summed E-state index contributed by atoms with van der Waals surface area (Å²) in [6.07, 6.45) is 2.05. The molecule has 0 aliphatic carbocycles. The molecule has 0 saturated heterocycles. The summed E-state index contributed by atoms with van der Waals surface area (Å²) >= 11 is 15.9. The quantitative estimate of drug-likeness (QED) is 0.658. The molecule has 2 unspecified atom stereocenters. The zero-order valence-electron chi connectivity index (χ0n) is 8.93. The van der Waals surface area contributed by atoms with Crippen molar-refractivity contribution in [2.24, 2.45) is 5.92 Å². The van der Waals surface area contributed by atoms with Gasteiger partial charge in [0.2, 0.25) is 0 Å². The van der Waals surface area contributed by atoms with Gasteiger partial charge in [-0.3, -0.25) is 0 Å². The predicted octanol–water partition coefficient (Wildman–Crippen LogP) is 5.35. The first-order valence-electron chi connectivity index (χ1n) is 5.13. The third-order valence-corrected chi connectivity index (χ3v) is 4.16. The van der Waals surface area contributed by atoms with Crippen molar-refractivity contribution < 1.29 is 0 Å². The Balaban J connectivity index is 2.87. The van der Waals surface area contributed by atoms with Gasteiger partial charge in [-0.05, 0) is 30.0 Å². The molecule has 15 heavy (non-hydrogen) atoms. The molecule has 1 aromatic rings. The van der Waals surface area contributed by atoms with Crippen LogP contribution in [-0.2, 0) is 6.42 Å². The first kappa shape index (κ1) is 13.3. The molecule has 0 amide bonds. The topological polar surface area (TPSA) is 0 Å². The van der Waals surface area contributed by atoms with E-state index < -0.39 is 0 Å². The monoisotopic (exact) mass is 308 g/mol. The Morgan fingerprint density at radius 3 is 2.20 bits per heavy atom. The molecule has 0 saturated carbocycles. The Morgan fingerprint density at radius 1 is 1.27 bits per heavy atom. The maximum atomic E-state index is 6.14. The molecule has 0 heterocycles. The van der Waals surface area contributed by atoms with E-state index >= 15 is 0 Å². The van der Waals surface area contributed by atoms with E-state index in [2.05, 4.69) is 29.8 Å². The average Bonchev–Trinajstić information content (AvgIpc) is 2.17. The molecule has 0 spiro atoms. The number of halogens is 3. The number of alkyl halides is 1. The van der Waals surface area contributed by atoms with Gasteiger partial charge in [0.15, 0.2) is 0 Å². The minimum Gasteiger partial charge on any atom is -0.0891 e. The van der Waals surface area contributed by atoms with Crippen molar-refractivity contribution in [3.8, 4) is 0 Å². The molecule has 3 heteroatoms. The van der Waals surface area contributed by atoms with Gasteiger partial charge in [0.05, 0.1) is 0 Å². The third-order valence-electron chi connectivity index (χ3n) is 2.70. The van der Waals surface area contributed by atoms with Crippen molar-refractivity contribution in [2.75, 3.05) is 0 Å². The summed E-state index contributed by atoms with van der Waals surface area (Å²) in [7, 11) is 0. The number of rotatable bonds is 4. The van der Waals surface area contributed by atoms with Crippen LogP contribution in [0.4, 0.5) is 0 Å². The van der Waals surface area contributed by atoms with Crippen molar-refractivity contribution in [1.82, 2.24) is 0 Å². The minimum atomic E-state index is 0.481. The standard InChI is InChI=1S/C12H15BrCl2/c1-3-9(8(2)13)7-10-11(14)5-4-6-12(10)15/h4-6,8-9H,3,7H2,1-2H3. The second kappa shape index (κ2) is 6.12. The summed E-state index contributed by atoms with van der Waals surface area (Å²) < 4.78 is 0. The SMILES string of the molecule is CCC(Cc1c(Cl)cccc1Cl)C(C)Br. The van der Waals surface area contributed by atoms with E-state index in [1.54, 1.807) is 0 Å². The molecule has 0 aliphatic rings. The van der Waals surface area contributed by atoms with E-state index in [4.69, 9.17) is 23.2 Å². The number of hydrogen-bond acceptors (Lipinski definition) is 0. The van der Waals surface area contributed by atoms with Gasteiger partial charge in [0.1, 0.15) is 0 Å². The van der Waals surface area contributed by atoms with Crippen LogP contribution in [0, 0.1) is 5.92 Å². The van der Waals surface area contributed by atoms with Gasteiger partial charge < -0.3 is 0 Å². The van der Waals surface area contributed by atoms with E-state index in [1.807, 2.05) is 18.2 Å². The lowest BCUT2D eigenvalue weighted by Crippen LogP contribution is -2.13. The molecule has 0 nitrogen and oxygen atoms in total. The van der Waals surface area contributed by atoms with Crippen LogP contribution >= 0.6 is 39.1 Å². The highest BCUT2D eigenvalue weighted by Gasteiger charge is 2.16. The van der Waals surface area contributed by atoms with Crippen molar-refractivity contribution in [1.29, 1.82) is 0 Å². The summed E-state index contributed by atoms with van der Waals surface area (Å²) in [6.45, 7) is 4.35. The highest BCUT2D eigenvalue weighted by molar-refractivity contribution is 9.09. The van der Waals surface area contributed by atoms with E-state index in [0.717, 1.165) is 28.5 Å². The molecule has 84 valence electrons. The molecular formula is C12H15BrCl2. The maximum absolute atomic E-state index is 6.14. The van der Waals surface area contributed by atoms with Crippen LogP contribution in [0.3, 0.4) is 0 Å². The third kappa shape index (κ3) is 3.65. The Kier molecular flexibility index (Phi) is 5.45. The Morgan fingerprint density at radius 2 is 1.80 bits per heavy atom. The van der Waals surface area contributed by atoms with Crippen LogP contribution in [0.5, 0.6) is 0 Å². The fourth-order valence-corrected chi connectivity index (χ4v) is 2.73. The molecular weight excluding hydrogens is 295 g/mol. The largest absolute Gasteiger partial charge is 0.0891 e. The first-order valence-corrected chi connectivity index (χ1v) is 6.80. The van der Waals surface area contributed by atoms with Crippen molar-refractivity contribution in [3.63, 3.8) is 0 Å². The lowest BCUT2D eigenvalue weighted by molar-refractivity contribution is 0.508. The molecule has 0 bridgehead atoms. The molecule has 0 fully saturated rings. The van der Waals surface area contributed by atoms with Crippen molar-refractivity contribution in [3.05, 3.63) is 33.8 Å². The minimum absolute atomic E-state index is 0.481. The van der Waals surface area contributed by atoms with Crippen LogP contribution in [0.15, 0.2) is 18.2 Å². The van der Waals surface area contributed by atoms with Crippen LogP contribution in [0.2, 0.25) is 10.0 Å². The van der Waals surface area contributed by atoms with Crippen LogP contribution in [0.25, 0.3) is 0 Å². The van der Waals surface area contributed by atoms with E-state index in [-0.39, 0.29) is 0 Å². The molecule has 0 radical (unpaired) electrons. The molecule has 2 atom stereocenters. The second-order valence-corrected chi connectivity index (χ2v) is 6.01. The molecule has 1 rings (SSSR count). The second-order valence-electron chi connectivity index (χ2n) is 3.75. The van der Waals surface area contributed by atoms with Gasteiger partial charge in [-0.2, -0.15) is 0 Å². The zero-order chi connectivity index (χ0) is 11.4. The highest BCUT2D eigenvalue weighted by atomic mass is 79.9. The average molecular weight is 310 g/mol. The molecule has 0 aromatic heterocycles. The van der Waals surface area contributed by atoms with Gasteiger partial charge in [-0.25, -0.2) is 0 Å². The Bertz CT molecular complexity index is 303. The number of benzene rings is 1. The fraction of sp³-hybridized carbons (Fsp3) is 0.500. The molecule has 0 aliphatic heterocycles. The van der Waals surface area contributed by atoms with Crippen LogP contribution in [0.1, 0.15) is 25.8 Å². The van der Waals surface area contributed by atoms with E-state index in [0.29, 0.717) is 10.7 Å². The maximum Gasteiger partial charge on any atom is 0.0452 e. The normalized spacial score (nSPS) is 15.0. The zero-order valence-corrected chi connectivity index (χ0v) is 12.0. The Hall–Kier alpha value is 0.280. The van der Waals surface area contributed by atoms with Gasteiger partial charge in [0.25, 0.3) is 0 Å². The lowest BCUT2D eigenvalue weighted by atomic mass is 9.94. The highest BCUT2D eigenvalue weighted by Crippen LogP contribution is 2.30. The summed E-state index contributed by atoms with van der Waals surface area (Å²) in [4.78, 5) is 0.481. The number of hydrogen-bond donors (Lipinski definition) is 0. The van der Waals surface area contributed by atoms with Crippen LogP contribution < -0.4 is 0 Å². The fourth-order valence-electron chi connectivity index (χ4n) is 1.62.